The van der Waals surface area contributed by atoms with Crippen molar-refractivity contribution in [2.75, 3.05) is 30.1 Å². The lowest BCUT2D eigenvalue weighted by Gasteiger charge is -2.13. The van der Waals surface area contributed by atoms with Gasteiger partial charge in [0.15, 0.2) is 18.1 Å². The van der Waals surface area contributed by atoms with Gasteiger partial charge in [0.2, 0.25) is 5.91 Å². The third kappa shape index (κ3) is 7.51. The third-order valence-electron chi connectivity index (χ3n) is 4.70. The Bertz CT molecular complexity index is 1300. The highest BCUT2D eigenvalue weighted by atomic mass is 79.9. The first-order valence-electron chi connectivity index (χ1n) is 10.4. The first-order chi connectivity index (χ1) is 17.0. The van der Waals surface area contributed by atoms with Gasteiger partial charge in [-0.25, -0.2) is 0 Å². The molecule has 0 heterocycles. The van der Waals surface area contributed by atoms with Crippen LogP contribution in [0.2, 0.25) is 0 Å². The van der Waals surface area contributed by atoms with Crippen molar-refractivity contribution in [1.82, 2.24) is 0 Å². The summed E-state index contributed by atoms with van der Waals surface area (Å²) in [6.07, 6.45) is -1.73. The Labute approximate surface area is 213 Å². The van der Waals surface area contributed by atoms with E-state index in [0.29, 0.717) is 22.7 Å². The highest BCUT2D eigenvalue weighted by Crippen LogP contribution is 2.33. The zero-order valence-electron chi connectivity index (χ0n) is 18.9. The molecule has 0 fully saturated rings. The smallest absolute Gasteiger partial charge is 0.416 e. The summed E-state index contributed by atoms with van der Waals surface area (Å²) >= 11 is 3.00. The summed E-state index contributed by atoms with van der Waals surface area (Å²) in [6.45, 7) is -0.495. The molecule has 188 valence electrons. The molecule has 3 aromatic rings. The van der Waals surface area contributed by atoms with Crippen LogP contribution >= 0.6 is 15.9 Å². The third-order valence-corrected chi connectivity index (χ3v) is 5.16. The maximum Gasteiger partial charge on any atom is 0.416 e. The number of anilines is 3. The quantitative estimate of drug-likeness (QED) is 0.240. The van der Waals surface area contributed by atoms with Gasteiger partial charge >= 0.3 is 6.18 Å². The van der Waals surface area contributed by atoms with Crippen LogP contribution in [0.25, 0.3) is 6.08 Å². The number of amides is 2. The lowest BCUT2D eigenvalue weighted by atomic mass is 10.2. The fourth-order valence-electron chi connectivity index (χ4n) is 3.03. The number of methoxy groups -OCH3 is 1. The van der Waals surface area contributed by atoms with E-state index in [1.54, 1.807) is 42.5 Å². The minimum atomic E-state index is -4.56. The average molecular weight is 564 g/mol. The first-order valence-corrected chi connectivity index (χ1v) is 11.2. The van der Waals surface area contributed by atoms with Crippen molar-refractivity contribution in [1.29, 1.82) is 0 Å². The number of carbonyl (C=O) groups is 2. The zero-order valence-corrected chi connectivity index (χ0v) is 20.4. The Morgan fingerprint density at radius 1 is 1.03 bits per heavy atom. The van der Waals surface area contributed by atoms with Gasteiger partial charge in [-0.05, 0) is 54.1 Å². The molecule has 36 heavy (non-hydrogen) atoms. The van der Waals surface area contributed by atoms with Gasteiger partial charge in [0.25, 0.3) is 5.91 Å². The first kappa shape index (κ1) is 26.6. The standard InChI is InChI=1S/C25H21BrF3N3O4/c1-35-21-8-6-15(7-9-23(33)32-20-5-3-2-4-19(20)30)10-22(21)36-14-24(34)31-18-12-16(25(27,28)29)11-17(26)13-18/h2-13H,14,30H2,1H3,(H,31,34)(H,32,33)/b9-7+. The molecule has 0 aliphatic carbocycles. The minimum Gasteiger partial charge on any atom is -0.493 e. The molecule has 0 aliphatic heterocycles. The van der Waals surface area contributed by atoms with Gasteiger partial charge in [-0.15, -0.1) is 0 Å². The van der Waals surface area contributed by atoms with Gasteiger partial charge in [-0.1, -0.05) is 34.1 Å². The Morgan fingerprint density at radius 2 is 1.78 bits per heavy atom. The van der Waals surface area contributed by atoms with Gasteiger partial charge in [-0.3, -0.25) is 9.59 Å². The number of nitrogens with one attached hydrogen (secondary N) is 2. The predicted octanol–water partition coefficient (Wildman–Crippen LogP) is 5.73. The molecule has 7 nitrogen and oxygen atoms in total. The number of ether oxygens (including phenoxy) is 2. The van der Waals surface area contributed by atoms with Gasteiger partial charge in [0, 0.05) is 16.2 Å². The fourth-order valence-corrected chi connectivity index (χ4v) is 3.53. The number of hydrogen-bond donors (Lipinski definition) is 3. The molecule has 2 amide bonds. The van der Waals surface area contributed by atoms with Crippen LogP contribution in [0, 0.1) is 0 Å². The maximum atomic E-state index is 13.0. The fraction of sp³-hybridized carbons (Fsp3) is 0.120. The average Bonchev–Trinajstić information content (AvgIpc) is 2.82. The van der Waals surface area contributed by atoms with Crippen LogP contribution in [-0.4, -0.2) is 25.5 Å². The molecule has 0 atom stereocenters. The molecule has 0 unspecified atom stereocenters. The number of hydrogen-bond acceptors (Lipinski definition) is 5. The van der Waals surface area contributed by atoms with Gasteiger partial charge < -0.3 is 25.8 Å². The van der Waals surface area contributed by atoms with Crippen molar-refractivity contribution in [3.63, 3.8) is 0 Å². The van der Waals surface area contributed by atoms with E-state index in [9.17, 15) is 22.8 Å². The molecule has 0 radical (unpaired) electrons. The molecule has 0 spiro atoms. The Hall–Kier alpha value is -3.99. The topological polar surface area (TPSA) is 103 Å². The van der Waals surface area contributed by atoms with Crippen LogP contribution in [-0.2, 0) is 15.8 Å². The molecule has 0 saturated heterocycles. The molecule has 3 aromatic carbocycles. The summed E-state index contributed by atoms with van der Waals surface area (Å²) in [6, 6.07) is 14.7. The number of rotatable bonds is 8. The lowest BCUT2D eigenvalue weighted by molar-refractivity contribution is -0.137. The monoisotopic (exact) mass is 563 g/mol. The molecular formula is C25H21BrF3N3O4. The lowest BCUT2D eigenvalue weighted by Crippen LogP contribution is -2.20. The number of alkyl halides is 3. The summed E-state index contributed by atoms with van der Waals surface area (Å²) < 4.78 is 49.9. The highest BCUT2D eigenvalue weighted by Gasteiger charge is 2.31. The second-order valence-corrected chi connectivity index (χ2v) is 8.30. The Morgan fingerprint density at radius 3 is 2.47 bits per heavy atom. The molecule has 0 aliphatic rings. The second kappa shape index (κ2) is 11.6. The summed E-state index contributed by atoms with van der Waals surface area (Å²) in [5, 5.41) is 5.04. The van der Waals surface area contributed by atoms with Crippen LogP contribution in [0.3, 0.4) is 0 Å². The van der Waals surface area contributed by atoms with Crippen LogP contribution in [0.4, 0.5) is 30.2 Å². The van der Waals surface area contributed by atoms with Crippen LogP contribution in [0.1, 0.15) is 11.1 Å². The van der Waals surface area contributed by atoms with Crippen molar-refractivity contribution < 1.29 is 32.2 Å². The van der Waals surface area contributed by atoms with Gasteiger partial charge in [-0.2, -0.15) is 13.2 Å². The van der Waals surface area contributed by atoms with Crippen molar-refractivity contribution >= 4 is 50.9 Å². The minimum absolute atomic E-state index is 0.0426. The van der Waals surface area contributed by atoms with Crippen molar-refractivity contribution in [3.8, 4) is 11.5 Å². The summed E-state index contributed by atoms with van der Waals surface area (Å²) in [4.78, 5) is 24.5. The number of para-hydroxylation sites is 2. The van der Waals surface area contributed by atoms with Crippen molar-refractivity contribution in [2.24, 2.45) is 0 Å². The highest BCUT2D eigenvalue weighted by molar-refractivity contribution is 9.10. The SMILES string of the molecule is COc1ccc(/C=C/C(=O)Nc2ccccc2N)cc1OCC(=O)Nc1cc(Br)cc(C(F)(F)F)c1. The van der Waals surface area contributed by atoms with Crippen LogP contribution in [0.15, 0.2) is 71.2 Å². The van der Waals surface area contributed by atoms with Crippen LogP contribution < -0.4 is 25.8 Å². The predicted molar refractivity (Wildman–Crippen MR) is 135 cm³/mol. The molecule has 0 aromatic heterocycles. The molecule has 11 heteroatoms. The van der Waals surface area contributed by atoms with E-state index in [-0.39, 0.29) is 15.9 Å². The van der Waals surface area contributed by atoms with E-state index in [0.717, 1.165) is 12.1 Å². The summed E-state index contributed by atoms with van der Waals surface area (Å²) in [5.74, 6) is -0.558. The molecule has 0 bridgehead atoms. The largest absolute Gasteiger partial charge is 0.493 e. The molecule has 3 rings (SSSR count). The Balaban J connectivity index is 1.65. The van der Waals surface area contributed by atoms with Crippen LogP contribution in [0.5, 0.6) is 11.5 Å². The molecular weight excluding hydrogens is 543 g/mol. The van der Waals surface area contributed by atoms with E-state index >= 15 is 0 Å². The number of nitrogens with two attached hydrogens (primary N) is 1. The normalized spacial score (nSPS) is 11.2. The number of halogens is 4. The van der Waals surface area contributed by atoms with Gasteiger partial charge in [0.1, 0.15) is 0 Å². The Kier molecular flexibility index (Phi) is 8.59. The van der Waals surface area contributed by atoms with Crippen molar-refractivity contribution in [2.45, 2.75) is 6.18 Å². The summed E-state index contributed by atoms with van der Waals surface area (Å²) in [5.41, 5.74) is 6.34. The van der Waals surface area contributed by atoms with E-state index in [1.807, 2.05) is 0 Å². The maximum absolute atomic E-state index is 13.0. The second-order valence-electron chi connectivity index (χ2n) is 7.38. The van der Waals surface area contributed by atoms with Crippen molar-refractivity contribution in [3.05, 3.63) is 82.3 Å². The number of nitrogen functional groups attached to an aromatic ring is 1. The number of benzene rings is 3. The van der Waals surface area contributed by atoms with E-state index < -0.39 is 30.2 Å². The number of carbonyl (C=O) groups excluding carboxylic acids is 2. The summed E-state index contributed by atoms with van der Waals surface area (Å²) in [7, 11) is 1.41. The van der Waals surface area contributed by atoms with E-state index in [2.05, 4.69) is 26.6 Å². The van der Waals surface area contributed by atoms with Gasteiger partial charge in [0.05, 0.1) is 24.0 Å². The van der Waals surface area contributed by atoms with E-state index in [4.69, 9.17) is 15.2 Å². The molecule has 0 saturated carbocycles. The molecule has 4 N–H and O–H groups in total. The van der Waals surface area contributed by atoms with E-state index in [1.165, 1.54) is 25.3 Å². The zero-order chi connectivity index (χ0) is 26.3.